The molecule has 0 radical (unpaired) electrons. The molecule has 1 aliphatic heterocycles. The monoisotopic (exact) mass is 369 g/mol. The zero-order chi connectivity index (χ0) is 19.1. The summed E-state index contributed by atoms with van der Waals surface area (Å²) in [5.74, 6) is 0.0867. The van der Waals surface area contributed by atoms with Gasteiger partial charge in [-0.2, -0.15) is 4.98 Å². The van der Waals surface area contributed by atoms with Gasteiger partial charge in [-0.3, -0.25) is 19.9 Å². The molecule has 0 fully saturated rings. The number of aliphatic hydroxyl groups is 1. The van der Waals surface area contributed by atoms with E-state index < -0.39 is 0 Å². The maximum absolute atomic E-state index is 12.1. The fraction of sp³-hybridized carbons (Fsp3) is 0.688. The number of hydrogen-bond donors (Lipinski definition) is 4. The normalized spacial score (nSPS) is 14.3. The minimum absolute atomic E-state index is 0.0514. The number of H-pyrrole nitrogens is 1. The van der Waals surface area contributed by atoms with Crippen LogP contribution in [-0.2, 0) is 14.3 Å². The number of ether oxygens (including phenoxy) is 2. The average Bonchev–Trinajstić information content (AvgIpc) is 2.97. The van der Waals surface area contributed by atoms with E-state index >= 15 is 0 Å². The summed E-state index contributed by atoms with van der Waals surface area (Å²) in [6, 6.07) is 0. The zero-order valence-electron chi connectivity index (χ0n) is 15.4. The third kappa shape index (κ3) is 5.16. The molecule has 10 heteroatoms. The first kappa shape index (κ1) is 20.1. The molecule has 146 valence electrons. The number of aromatic nitrogens is 2. The van der Waals surface area contributed by atoms with Gasteiger partial charge in [-0.1, -0.05) is 0 Å². The van der Waals surface area contributed by atoms with Crippen molar-refractivity contribution in [1.29, 1.82) is 0 Å². The number of nitrogens with zero attached hydrogens (tertiary/aromatic N) is 2. The molecule has 26 heavy (non-hydrogen) atoms. The molecule has 1 amide bonds. The van der Waals surface area contributed by atoms with Gasteiger partial charge in [0.25, 0.3) is 5.56 Å². The number of anilines is 3. The molecule has 0 spiro atoms. The van der Waals surface area contributed by atoms with Crippen molar-refractivity contribution >= 4 is 23.4 Å². The number of amides is 1. The minimum atomic E-state index is -0.390. The fourth-order valence-electron chi connectivity index (χ4n) is 2.82. The summed E-state index contributed by atoms with van der Waals surface area (Å²) in [7, 11) is 0. The maximum Gasteiger partial charge on any atom is 0.277 e. The lowest BCUT2D eigenvalue weighted by Gasteiger charge is -2.26. The van der Waals surface area contributed by atoms with E-state index in [1.165, 1.54) is 6.92 Å². The Balaban J connectivity index is 2.12. The molecule has 1 aliphatic rings. The second kappa shape index (κ2) is 9.51. The Bertz CT molecular complexity index is 659. The summed E-state index contributed by atoms with van der Waals surface area (Å²) in [6.07, 6.45) is 0.130. The Morgan fingerprint density at radius 3 is 2.65 bits per heavy atom. The molecule has 0 saturated carbocycles. The van der Waals surface area contributed by atoms with Gasteiger partial charge in [0.05, 0.1) is 6.67 Å². The largest absolute Gasteiger partial charge is 0.396 e. The van der Waals surface area contributed by atoms with Gasteiger partial charge in [-0.05, 0) is 13.8 Å². The van der Waals surface area contributed by atoms with Crippen LogP contribution in [0, 0.1) is 5.92 Å². The Labute approximate surface area is 151 Å². The van der Waals surface area contributed by atoms with Crippen LogP contribution in [0.3, 0.4) is 0 Å². The van der Waals surface area contributed by atoms with Crippen LogP contribution in [0.25, 0.3) is 0 Å². The van der Waals surface area contributed by atoms with E-state index in [4.69, 9.17) is 9.47 Å². The molecular weight excluding hydrogens is 342 g/mol. The molecule has 0 saturated heterocycles. The molecule has 1 aromatic heterocycles. The highest BCUT2D eigenvalue weighted by Gasteiger charge is 2.27. The van der Waals surface area contributed by atoms with Gasteiger partial charge in [-0.25, -0.2) is 0 Å². The van der Waals surface area contributed by atoms with Crippen LogP contribution in [-0.4, -0.2) is 60.3 Å². The standard InChI is InChI=1S/C16H27N5O5/c1-4-25-12(26-5-2)6-11(8-22)7-21-9-17-13-14(21)19-16(18-10(3)23)20-15(13)24/h11-12,17,22H,4-9H2,1-3H3,(H2,18,19,20,23,24). The molecule has 0 bridgehead atoms. The van der Waals surface area contributed by atoms with Crippen LogP contribution >= 0.6 is 0 Å². The summed E-state index contributed by atoms with van der Waals surface area (Å²) < 4.78 is 11.1. The van der Waals surface area contributed by atoms with Crippen molar-refractivity contribution in [2.75, 3.05) is 48.6 Å². The Hall–Kier alpha value is -2.17. The van der Waals surface area contributed by atoms with Crippen LogP contribution in [0.15, 0.2) is 4.79 Å². The number of fused-ring (bicyclic) bond motifs is 1. The number of hydrogen-bond acceptors (Lipinski definition) is 8. The van der Waals surface area contributed by atoms with Crippen LogP contribution in [0.5, 0.6) is 0 Å². The predicted molar refractivity (Wildman–Crippen MR) is 97.2 cm³/mol. The highest BCUT2D eigenvalue weighted by atomic mass is 16.7. The van der Waals surface area contributed by atoms with Crippen LogP contribution in [0.2, 0.25) is 0 Å². The first-order chi connectivity index (χ1) is 12.5. The fourth-order valence-corrected chi connectivity index (χ4v) is 2.82. The van der Waals surface area contributed by atoms with Crippen LogP contribution in [0.4, 0.5) is 17.5 Å². The lowest BCUT2D eigenvalue weighted by atomic mass is 10.1. The second-order valence-corrected chi connectivity index (χ2v) is 5.98. The quantitative estimate of drug-likeness (QED) is 0.434. The van der Waals surface area contributed by atoms with E-state index in [9.17, 15) is 14.7 Å². The minimum Gasteiger partial charge on any atom is -0.396 e. The summed E-state index contributed by atoms with van der Waals surface area (Å²) in [5.41, 5.74) is -0.00901. The molecule has 2 heterocycles. The van der Waals surface area contributed by atoms with Gasteiger partial charge in [0.1, 0.15) is 5.69 Å². The summed E-state index contributed by atoms with van der Waals surface area (Å²) in [6.45, 7) is 6.96. The highest BCUT2D eigenvalue weighted by Crippen LogP contribution is 2.27. The van der Waals surface area contributed by atoms with E-state index in [-0.39, 0.29) is 36.2 Å². The summed E-state index contributed by atoms with van der Waals surface area (Å²) in [4.78, 5) is 32.0. The second-order valence-electron chi connectivity index (χ2n) is 5.98. The van der Waals surface area contributed by atoms with E-state index in [1.54, 1.807) is 0 Å². The molecule has 0 aromatic carbocycles. The molecule has 4 N–H and O–H groups in total. The molecule has 1 aromatic rings. The highest BCUT2D eigenvalue weighted by molar-refractivity contribution is 5.87. The zero-order valence-corrected chi connectivity index (χ0v) is 15.4. The average molecular weight is 369 g/mol. The summed E-state index contributed by atoms with van der Waals surface area (Å²) >= 11 is 0. The van der Waals surface area contributed by atoms with Gasteiger partial charge in [-0.15, -0.1) is 0 Å². The number of aliphatic hydroxyl groups excluding tert-OH is 1. The van der Waals surface area contributed by atoms with Crippen LogP contribution in [0.1, 0.15) is 27.2 Å². The Kier molecular flexibility index (Phi) is 7.37. The van der Waals surface area contributed by atoms with Crippen molar-refractivity contribution in [3.63, 3.8) is 0 Å². The first-order valence-electron chi connectivity index (χ1n) is 8.73. The van der Waals surface area contributed by atoms with Crippen molar-refractivity contribution in [3.05, 3.63) is 10.4 Å². The Morgan fingerprint density at radius 2 is 2.08 bits per heavy atom. The number of carbonyl (C=O) groups is 1. The molecular formula is C16H27N5O5. The number of nitrogens with one attached hydrogen (secondary N) is 3. The number of rotatable bonds is 10. The SMILES string of the molecule is CCOC(CC(CO)CN1CNc2c1nc(NC(C)=O)[nH]c2=O)OCC. The molecule has 10 nitrogen and oxygen atoms in total. The third-order valence-electron chi connectivity index (χ3n) is 3.91. The lowest BCUT2D eigenvalue weighted by molar-refractivity contribution is -0.147. The van der Waals surface area contributed by atoms with Gasteiger partial charge >= 0.3 is 0 Å². The van der Waals surface area contributed by atoms with Crippen molar-refractivity contribution in [2.24, 2.45) is 5.92 Å². The smallest absolute Gasteiger partial charge is 0.277 e. The maximum atomic E-state index is 12.1. The van der Waals surface area contributed by atoms with Crippen molar-refractivity contribution in [1.82, 2.24) is 9.97 Å². The van der Waals surface area contributed by atoms with E-state index in [2.05, 4.69) is 20.6 Å². The number of aromatic amines is 1. The van der Waals surface area contributed by atoms with Gasteiger partial charge in [0.15, 0.2) is 12.1 Å². The first-order valence-corrected chi connectivity index (χ1v) is 8.73. The third-order valence-corrected chi connectivity index (χ3v) is 3.91. The van der Waals surface area contributed by atoms with E-state index in [0.717, 1.165) is 0 Å². The van der Waals surface area contributed by atoms with Crippen molar-refractivity contribution < 1.29 is 19.4 Å². The Morgan fingerprint density at radius 1 is 1.38 bits per heavy atom. The molecule has 1 atom stereocenters. The summed E-state index contributed by atoms with van der Waals surface area (Å²) in [5, 5.41) is 15.2. The number of carbonyl (C=O) groups excluding carboxylic acids is 1. The molecule has 2 rings (SSSR count). The van der Waals surface area contributed by atoms with Crippen molar-refractivity contribution in [2.45, 2.75) is 33.5 Å². The lowest BCUT2D eigenvalue weighted by Crippen LogP contribution is -2.34. The predicted octanol–water partition coefficient (Wildman–Crippen LogP) is 0.315. The van der Waals surface area contributed by atoms with Crippen molar-refractivity contribution in [3.8, 4) is 0 Å². The molecule has 0 aliphatic carbocycles. The molecule has 1 unspecified atom stereocenters. The topological polar surface area (TPSA) is 129 Å². The van der Waals surface area contributed by atoms with Gasteiger partial charge < -0.3 is 24.8 Å². The van der Waals surface area contributed by atoms with Crippen LogP contribution < -0.4 is 21.1 Å². The van der Waals surface area contributed by atoms with Gasteiger partial charge in [0, 0.05) is 45.6 Å². The van der Waals surface area contributed by atoms with Gasteiger partial charge in [0.2, 0.25) is 11.9 Å². The van der Waals surface area contributed by atoms with E-state index in [1.807, 2.05) is 18.7 Å². The van der Waals surface area contributed by atoms with E-state index in [0.29, 0.717) is 44.4 Å².